The molecule has 0 saturated carbocycles. The van der Waals surface area contributed by atoms with Crippen molar-refractivity contribution in [3.63, 3.8) is 0 Å². The Kier molecular flexibility index (Phi) is 7.07. The Hall–Kier alpha value is -6.54. The first-order valence-corrected chi connectivity index (χ1v) is 15.6. The van der Waals surface area contributed by atoms with Crippen LogP contribution in [0.1, 0.15) is 64.5 Å². The summed E-state index contributed by atoms with van der Waals surface area (Å²) in [5.74, 6) is -0.695. The van der Waals surface area contributed by atoms with E-state index in [1.165, 1.54) is 35.4 Å². The second-order valence-electron chi connectivity index (χ2n) is 12.0. The molecule has 0 spiro atoms. The van der Waals surface area contributed by atoms with E-state index in [2.05, 4.69) is 42.5 Å². The summed E-state index contributed by atoms with van der Waals surface area (Å²) in [6.07, 6.45) is 7.28. The molecule has 1 heterocycles. The van der Waals surface area contributed by atoms with Crippen LogP contribution in [-0.2, 0) is 10.2 Å². The highest BCUT2D eigenvalue weighted by Gasteiger charge is 2.49. The van der Waals surface area contributed by atoms with Crippen molar-refractivity contribution in [1.29, 1.82) is 0 Å². The lowest BCUT2D eigenvalue weighted by Gasteiger charge is -2.40. The molecule has 5 aromatic rings. The number of ether oxygens (including phenoxy) is 3. The third-order valence-electron chi connectivity index (χ3n) is 9.40. The number of fused-ring (bicyclic) bond motifs is 4. The predicted octanol–water partition coefficient (Wildman–Crippen LogP) is 8.15. The topological polar surface area (TPSA) is 116 Å². The fourth-order valence-corrected chi connectivity index (χ4v) is 7.26. The van der Waals surface area contributed by atoms with Crippen LogP contribution in [0, 0.1) is 5.92 Å². The minimum atomic E-state index is -1.21. The largest absolute Gasteiger partial charge is 0.478 e. The molecular formula is C41H26O8. The van der Waals surface area contributed by atoms with Crippen molar-refractivity contribution in [2.45, 2.75) is 11.8 Å². The van der Waals surface area contributed by atoms with Gasteiger partial charge >= 0.3 is 17.9 Å². The minimum Gasteiger partial charge on any atom is -0.478 e. The van der Waals surface area contributed by atoms with E-state index in [1.54, 1.807) is 12.1 Å². The van der Waals surface area contributed by atoms with Crippen molar-refractivity contribution in [3.05, 3.63) is 172 Å². The third-order valence-corrected chi connectivity index (χ3v) is 9.40. The number of benzene rings is 5. The molecule has 0 saturated heterocycles. The number of carboxylic acid groups (broad SMARTS) is 1. The molecule has 5 aromatic carbocycles. The molecule has 49 heavy (non-hydrogen) atoms. The SMILES string of the molecule is O=Cc1ccc(Oc2ccc(C3(C4C=CC(Oc5ccc6c(c5)C(=O)OC6=O)=CC4)c4ccccc4-c4ccccc43)cc2)cc1C(=O)O. The number of hydrogen-bond donors (Lipinski definition) is 1. The summed E-state index contributed by atoms with van der Waals surface area (Å²) >= 11 is 0. The van der Waals surface area contributed by atoms with Crippen LogP contribution in [-0.4, -0.2) is 29.3 Å². The molecule has 238 valence electrons. The fourth-order valence-electron chi connectivity index (χ4n) is 7.26. The highest BCUT2D eigenvalue weighted by Crippen LogP contribution is 2.58. The molecule has 3 aliphatic rings. The summed E-state index contributed by atoms with van der Waals surface area (Å²) in [4.78, 5) is 47.0. The summed E-state index contributed by atoms with van der Waals surface area (Å²) in [7, 11) is 0. The van der Waals surface area contributed by atoms with Gasteiger partial charge < -0.3 is 19.3 Å². The van der Waals surface area contributed by atoms with E-state index >= 15 is 0 Å². The number of rotatable bonds is 8. The zero-order chi connectivity index (χ0) is 33.7. The molecule has 1 atom stereocenters. The first-order chi connectivity index (χ1) is 23.9. The van der Waals surface area contributed by atoms with Crippen LogP contribution < -0.4 is 9.47 Å². The van der Waals surface area contributed by atoms with Gasteiger partial charge in [-0.2, -0.15) is 0 Å². The van der Waals surface area contributed by atoms with Crippen molar-refractivity contribution < 1.29 is 38.5 Å². The van der Waals surface area contributed by atoms with Crippen LogP contribution >= 0.6 is 0 Å². The predicted molar refractivity (Wildman–Crippen MR) is 179 cm³/mol. The number of aldehydes is 1. The lowest BCUT2D eigenvalue weighted by atomic mass is 9.62. The monoisotopic (exact) mass is 646 g/mol. The number of carbonyl (C=O) groups is 4. The molecule has 1 N–H and O–H groups in total. The molecule has 0 bridgehead atoms. The molecule has 0 aromatic heterocycles. The second kappa shape index (κ2) is 11.6. The van der Waals surface area contributed by atoms with Gasteiger partial charge in [0.25, 0.3) is 0 Å². The number of hydrogen-bond acceptors (Lipinski definition) is 7. The molecule has 8 rings (SSSR count). The number of aromatic carboxylic acids is 1. The summed E-state index contributed by atoms with van der Waals surface area (Å²) < 4.78 is 16.9. The quantitative estimate of drug-likeness (QED) is 0.102. The number of carboxylic acids is 1. The Bertz CT molecular complexity index is 2230. The van der Waals surface area contributed by atoms with Crippen LogP contribution in [0.2, 0.25) is 0 Å². The maximum Gasteiger partial charge on any atom is 0.347 e. The Balaban J connectivity index is 1.15. The van der Waals surface area contributed by atoms with E-state index in [1.807, 2.05) is 48.6 Å². The van der Waals surface area contributed by atoms with Gasteiger partial charge in [-0.15, -0.1) is 0 Å². The first kappa shape index (κ1) is 29.8. The Labute approximate surface area is 280 Å². The molecular weight excluding hydrogens is 620 g/mol. The summed E-state index contributed by atoms with van der Waals surface area (Å²) in [5, 5.41) is 9.54. The van der Waals surface area contributed by atoms with Gasteiger partial charge in [-0.1, -0.05) is 66.7 Å². The van der Waals surface area contributed by atoms with Crippen molar-refractivity contribution in [1.82, 2.24) is 0 Å². The van der Waals surface area contributed by atoms with Crippen LogP contribution in [0.5, 0.6) is 17.2 Å². The Morgan fingerprint density at radius 3 is 2.02 bits per heavy atom. The molecule has 0 radical (unpaired) electrons. The third kappa shape index (κ3) is 4.84. The average Bonchev–Trinajstić information content (AvgIpc) is 3.59. The number of allylic oxidation sites excluding steroid dienone is 3. The van der Waals surface area contributed by atoms with E-state index in [-0.39, 0.29) is 28.2 Å². The molecule has 1 unspecified atom stereocenters. The van der Waals surface area contributed by atoms with E-state index in [4.69, 9.17) is 14.2 Å². The molecule has 8 heteroatoms. The highest BCUT2D eigenvalue weighted by molar-refractivity contribution is 6.14. The molecule has 0 amide bonds. The standard InChI is InChI=1S/C41H26O8/c42-23-24-9-14-29(21-34(24)38(43)44)47-27-15-10-25(11-16-27)41(36-7-3-1-5-31(36)32-6-2-4-8-37(32)41)26-12-17-28(18-13-26)48-30-19-20-33-35(22-30)40(46)49-39(33)45/h1-12,14-23,26H,13H2,(H,43,44). The molecule has 1 aliphatic heterocycles. The van der Waals surface area contributed by atoms with Gasteiger partial charge in [0.2, 0.25) is 0 Å². The highest BCUT2D eigenvalue weighted by atomic mass is 16.6. The zero-order valence-electron chi connectivity index (χ0n) is 25.8. The first-order valence-electron chi connectivity index (χ1n) is 15.6. The van der Waals surface area contributed by atoms with Crippen LogP contribution in [0.3, 0.4) is 0 Å². The van der Waals surface area contributed by atoms with Gasteiger partial charge in [-0.3, -0.25) is 4.79 Å². The van der Waals surface area contributed by atoms with Gasteiger partial charge in [0, 0.05) is 5.56 Å². The Morgan fingerprint density at radius 1 is 0.735 bits per heavy atom. The number of cyclic esters (lactones) is 2. The normalized spacial score (nSPS) is 16.6. The van der Waals surface area contributed by atoms with E-state index in [0.717, 1.165) is 16.7 Å². The number of esters is 2. The maximum absolute atomic E-state index is 12.1. The van der Waals surface area contributed by atoms with Crippen LogP contribution in [0.4, 0.5) is 0 Å². The van der Waals surface area contributed by atoms with Gasteiger partial charge in [0.05, 0.1) is 22.1 Å². The van der Waals surface area contributed by atoms with E-state index in [9.17, 15) is 24.3 Å². The smallest absolute Gasteiger partial charge is 0.347 e. The molecule has 0 fully saturated rings. The lowest BCUT2D eigenvalue weighted by molar-refractivity contribution is 0.0442. The van der Waals surface area contributed by atoms with Gasteiger partial charge in [-0.25, -0.2) is 14.4 Å². The van der Waals surface area contributed by atoms with Crippen LogP contribution in [0.15, 0.2) is 133 Å². The van der Waals surface area contributed by atoms with Crippen molar-refractivity contribution in [2.75, 3.05) is 0 Å². The second-order valence-corrected chi connectivity index (χ2v) is 12.0. The molecule has 8 nitrogen and oxygen atoms in total. The van der Waals surface area contributed by atoms with Crippen molar-refractivity contribution in [3.8, 4) is 28.4 Å². The van der Waals surface area contributed by atoms with E-state index < -0.39 is 23.3 Å². The number of carbonyl (C=O) groups excluding carboxylic acids is 3. The summed E-state index contributed by atoms with van der Waals surface area (Å²) in [6.45, 7) is 0. The van der Waals surface area contributed by atoms with Gasteiger partial charge in [0.1, 0.15) is 23.0 Å². The van der Waals surface area contributed by atoms with Crippen molar-refractivity contribution in [2.24, 2.45) is 5.92 Å². The minimum absolute atomic E-state index is 0.0157. The Morgan fingerprint density at radius 2 is 1.37 bits per heavy atom. The maximum atomic E-state index is 12.1. The summed E-state index contributed by atoms with van der Waals surface area (Å²) in [6, 6.07) is 33.7. The average molecular weight is 647 g/mol. The van der Waals surface area contributed by atoms with Gasteiger partial charge in [0.15, 0.2) is 6.29 Å². The van der Waals surface area contributed by atoms with Crippen molar-refractivity contribution >= 4 is 24.2 Å². The molecule has 2 aliphatic carbocycles. The van der Waals surface area contributed by atoms with Gasteiger partial charge in [-0.05, 0) is 101 Å². The van der Waals surface area contributed by atoms with E-state index in [0.29, 0.717) is 35.7 Å². The summed E-state index contributed by atoms with van der Waals surface area (Å²) in [5.41, 5.74) is 5.52. The lowest BCUT2D eigenvalue weighted by Crippen LogP contribution is -2.35. The van der Waals surface area contributed by atoms with Crippen LogP contribution in [0.25, 0.3) is 11.1 Å². The zero-order valence-corrected chi connectivity index (χ0v) is 25.8. The fraction of sp³-hybridized carbons (Fsp3) is 0.0732.